The summed E-state index contributed by atoms with van der Waals surface area (Å²) in [6, 6.07) is 6.68. The molecule has 2 aromatic carbocycles. The van der Waals surface area contributed by atoms with Crippen LogP contribution in [0.5, 0.6) is 0 Å². The maximum atomic E-state index is 14.3. The minimum absolute atomic E-state index is 0.0355. The molecule has 31 heavy (non-hydrogen) atoms. The van der Waals surface area contributed by atoms with E-state index in [4.69, 9.17) is 0 Å². The van der Waals surface area contributed by atoms with Crippen LogP contribution >= 0.6 is 0 Å². The van der Waals surface area contributed by atoms with Gasteiger partial charge in [-0.15, -0.1) is 0 Å². The predicted octanol–water partition coefficient (Wildman–Crippen LogP) is 6.36. The molecule has 0 aliphatic heterocycles. The molecule has 0 saturated carbocycles. The van der Waals surface area contributed by atoms with Gasteiger partial charge < -0.3 is 5.32 Å². The van der Waals surface area contributed by atoms with Gasteiger partial charge >= 0.3 is 6.18 Å². The number of nitrogens with zero attached hydrogens (tertiary/aromatic N) is 2. The molecule has 1 heterocycles. The van der Waals surface area contributed by atoms with E-state index in [-0.39, 0.29) is 22.4 Å². The van der Waals surface area contributed by atoms with Crippen molar-refractivity contribution in [1.29, 1.82) is 0 Å². The number of aromatic nitrogens is 2. The van der Waals surface area contributed by atoms with Gasteiger partial charge in [-0.05, 0) is 42.4 Å². The molecule has 1 aromatic heterocycles. The van der Waals surface area contributed by atoms with Gasteiger partial charge in [-0.25, -0.2) is 18.7 Å². The van der Waals surface area contributed by atoms with Crippen LogP contribution in [0.15, 0.2) is 42.6 Å². The van der Waals surface area contributed by atoms with Crippen LogP contribution in [0.1, 0.15) is 35.8 Å². The van der Waals surface area contributed by atoms with Crippen molar-refractivity contribution in [2.45, 2.75) is 32.0 Å². The third-order valence-corrected chi connectivity index (χ3v) is 6.22. The number of anilines is 1. The summed E-state index contributed by atoms with van der Waals surface area (Å²) in [5.41, 5.74) is 1.74. The zero-order valence-corrected chi connectivity index (χ0v) is 16.5. The van der Waals surface area contributed by atoms with Gasteiger partial charge in [0.05, 0.1) is 12.0 Å². The number of halogens is 5. The van der Waals surface area contributed by atoms with E-state index in [9.17, 15) is 22.0 Å². The molecule has 5 rings (SSSR count). The van der Waals surface area contributed by atoms with E-state index in [0.717, 1.165) is 11.6 Å². The van der Waals surface area contributed by atoms with Gasteiger partial charge in [-0.3, -0.25) is 0 Å². The van der Waals surface area contributed by atoms with Gasteiger partial charge in [0, 0.05) is 23.3 Å². The summed E-state index contributed by atoms with van der Waals surface area (Å²) in [5, 5.41) is 3.04. The second-order valence-corrected chi connectivity index (χ2v) is 8.02. The molecule has 3 nitrogen and oxygen atoms in total. The van der Waals surface area contributed by atoms with Crippen molar-refractivity contribution >= 4 is 22.2 Å². The first-order valence-electron chi connectivity index (χ1n) is 9.99. The lowest BCUT2D eigenvalue weighted by Crippen LogP contribution is -2.41. The molecule has 3 atom stereocenters. The molecular formula is C23H18F5N3. The number of allylic oxidation sites excluding steroid dienone is 2. The zero-order chi connectivity index (χ0) is 21.9. The zero-order valence-electron chi connectivity index (χ0n) is 16.5. The summed E-state index contributed by atoms with van der Waals surface area (Å²) in [6.45, 7) is 1.53. The maximum absolute atomic E-state index is 14.3. The minimum Gasteiger partial charge on any atom is -0.377 e. The summed E-state index contributed by atoms with van der Waals surface area (Å²) < 4.78 is 71.6. The number of benzene rings is 2. The first-order chi connectivity index (χ1) is 14.8. The SMILES string of the molecule is Cc1ncc2c(NC3c4ccccc4C4=CCCC4C3C(F)(F)F)cc(F)c(F)c2n1. The van der Waals surface area contributed by atoms with Crippen LogP contribution in [0, 0.1) is 30.4 Å². The first-order valence-corrected chi connectivity index (χ1v) is 9.99. The van der Waals surface area contributed by atoms with Crippen molar-refractivity contribution in [2.24, 2.45) is 11.8 Å². The van der Waals surface area contributed by atoms with E-state index in [1.807, 2.05) is 12.1 Å². The van der Waals surface area contributed by atoms with Crippen molar-refractivity contribution in [2.75, 3.05) is 5.32 Å². The average molecular weight is 431 g/mol. The first kappa shape index (κ1) is 19.9. The third-order valence-electron chi connectivity index (χ3n) is 6.22. The number of nitrogens with one attached hydrogen (secondary N) is 1. The molecule has 2 aliphatic rings. The van der Waals surface area contributed by atoms with Crippen LogP contribution in [-0.4, -0.2) is 16.1 Å². The molecule has 0 amide bonds. The lowest BCUT2D eigenvalue weighted by molar-refractivity contribution is -0.189. The molecule has 0 spiro atoms. The molecule has 2 aliphatic carbocycles. The smallest absolute Gasteiger partial charge is 0.377 e. The Labute approximate surface area is 175 Å². The van der Waals surface area contributed by atoms with Crippen molar-refractivity contribution in [3.05, 3.63) is 71.2 Å². The average Bonchev–Trinajstić information content (AvgIpc) is 3.20. The molecule has 8 heteroatoms. The predicted molar refractivity (Wildman–Crippen MR) is 107 cm³/mol. The summed E-state index contributed by atoms with van der Waals surface area (Å²) in [6.07, 6.45) is -0.328. The Morgan fingerprint density at radius 3 is 2.68 bits per heavy atom. The molecule has 0 saturated heterocycles. The number of hydrogen-bond donors (Lipinski definition) is 1. The largest absolute Gasteiger partial charge is 0.394 e. The lowest BCUT2D eigenvalue weighted by atomic mass is 9.70. The summed E-state index contributed by atoms with van der Waals surface area (Å²) in [4.78, 5) is 7.98. The molecule has 0 fully saturated rings. The molecule has 1 N–H and O–H groups in total. The van der Waals surface area contributed by atoms with Crippen LogP contribution in [0.4, 0.5) is 27.6 Å². The van der Waals surface area contributed by atoms with E-state index in [1.54, 1.807) is 18.2 Å². The highest BCUT2D eigenvalue weighted by Crippen LogP contribution is 2.56. The fraction of sp³-hybridized carbons (Fsp3) is 0.304. The molecule has 160 valence electrons. The minimum atomic E-state index is -4.49. The summed E-state index contributed by atoms with van der Waals surface area (Å²) in [7, 11) is 0. The van der Waals surface area contributed by atoms with Crippen molar-refractivity contribution < 1.29 is 22.0 Å². The lowest BCUT2D eigenvalue weighted by Gasteiger charge is -2.41. The normalized spacial score (nSPS) is 22.8. The third kappa shape index (κ3) is 3.16. The van der Waals surface area contributed by atoms with Crippen LogP contribution < -0.4 is 5.32 Å². The van der Waals surface area contributed by atoms with E-state index < -0.39 is 35.7 Å². The Morgan fingerprint density at radius 2 is 1.90 bits per heavy atom. The van der Waals surface area contributed by atoms with Gasteiger partial charge in [-0.1, -0.05) is 30.3 Å². The van der Waals surface area contributed by atoms with Crippen LogP contribution in [0.25, 0.3) is 16.5 Å². The van der Waals surface area contributed by atoms with E-state index in [2.05, 4.69) is 15.3 Å². The highest BCUT2D eigenvalue weighted by atomic mass is 19.4. The van der Waals surface area contributed by atoms with Crippen LogP contribution in [-0.2, 0) is 0 Å². The quantitative estimate of drug-likeness (QED) is 0.480. The monoisotopic (exact) mass is 431 g/mol. The molecule has 0 bridgehead atoms. The molecule has 3 aromatic rings. The Balaban J connectivity index is 1.70. The Bertz CT molecular complexity index is 1220. The highest BCUT2D eigenvalue weighted by molar-refractivity contribution is 5.91. The van der Waals surface area contributed by atoms with Gasteiger partial charge in [-0.2, -0.15) is 13.2 Å². The Kier molecular flexibility index (Phi) is 4.50. The number of fused-ring (bicyclic) bond motifs is 4. The maximum Gasteiger partial charge on any atom is 0.394 e. The number of aryl methyl sites for hydroxylation is 1. The summed E-state index contributed by atoms with van der Waals surface area (Å²) in [5.74, 6) is -4.49. The van der Waals surface area contributed by atoms with Crippen LogP contribution in [0.2, 0.25) is 0 Å². The van der Waals surface area contributed by atoms with Gasteiger partial charge in [0.15, 0.2) is 11.6 Å². The topological polar surface area (TPSA) is 37.8 Å². The van der Waals surface area contributed by atoms with Crippen molar-refractivity contribution in [1.82, 2.24) is 9.97 Å². The number of alkyl halides is 3. The van der Waals surface area contributed by atoms with E-state index in [0.29, 0.717) is 24.0 Å². The van der Waals surface area contributed by atoms with Crippen molar-refractivity contribution in [3.63, 3.8) is 0 Å². The molecular weight excluding hydrogens is 413 g/mol. The van der Waals surface area contributed by atoms with Gasteiger partial charge in [0.25, 0.3) is 0 Å². The fourth-order valence-electron chi connectivity index (χ4n) is 4.95. The molecule has 0 radical (unpaired) electrons. The van der Waals surface area contributed by atoms with Gasteiger partial charge in [0.2, 0.25) is 0 Å². The van der Waals surface area contributed by atoms with Crippen LogP contribution in [0.3, 0.4) is 0 Å². The Hall–Kier alpha value is -3.03. The van der Waals surface area contributed by atoms with E-state index >= 15 is 0 Å². The highest BCUT2D eigenvalue weighted by Gasteiger charge is 2.54. The van der Waals surface area contributed by atoms with E-state index in [1.165, 1.54) is 13.1 Å². The number of hydrogen-bond acceptors (Lipinski definition) is 3. The van der Waals surface area contributed by atoms with Crippen molar-refractivity contribution in [3.8, 4) is 0 Å². The number of rotatable bonds is 2. The standard InChI is InChI=1S/C23H18F5N3/c1-11-29-10-16-18(9-17(24)20(25)22(16)30-11)31-21-15-6-3-2-5-13(15)12-7-4-8-14(12)19(21)23(26,27)28/h2-3,5-7,9-10,14,19,21,31H,4,8H2,1H3. The second-order valence-electron chi connectivity index (χ2n) is 8.02. The fourth-order valence-corrected chi connectivity index (χ4v) is 4.95. The summed E-state index contributed by atoms with van der Waals surface area (Å²) >= 11 is 0. The molecule has 3 unspecified atom stereocenters. The van der Waals surface area contributed by atoms with Gasteiger partial charge in [0.1, 0.15) is 11.3 Å². The second kappa shape index (κ2) is 7.00. The Morgan fingerprint density at radius 1 is 1.13 bits per heavy atom.